The van der Waals surface area contributed by atoms with E-state index in [4.69, 9.17) is 4.74 Å². The van der Waals surface area contributed by atoms with Crippen LogP contribution >= 0.6 is 11.8 Å². The van der Waals surface area contributed by atoms with Crippen LogP contribution in [-0.4, -0.2) is 54.8 Å². The van der Waals surface area contributed by atoms with Crippen LogP contribution in [0.25, 0.3) is 0 Å². The number of anilines is 2. The first-order valence-corrected chi connectivity index (χ1v) is 11.1. The molecule has 8 heteroatoms. The summed E-state index contributed by atoms with van der Waals surface area (Å²) in [4.78, 5) is 27.5. The van der Waals surface area contributed by atoms with Crippen molar-refractivity contribution in [1.29, 1.82) is 0 Å². The van der Waals surface area contributed by atoms with Gasteiger partial charge < -0.3 is 15.0 Å². The zero-order valence-corrected chi connectivity index (χ0v) is 16.8. The second-order valence-electron chi connectivity index (χ2n) is 7.64. The molecule has 1 aromatic rings. The van der Waals surface area contributed by atoms with Crippen LogP contribution in [0.4, 0.5) is 20.6 Å². The van der Waals surface area contributed by atoms with Crippen molar-refractivity contribution < 1.29 is 18.7 Å². The van der Waals surface area contributed by atoms with Gasteiger partial charge in [0.25, 0.3) is 0 Å². The molecule has 0 radical (unpaired) electrons. The molecule has 152 valence electrons. The topological polar surface area (TPSA) is 61.9 Å². The smallest absolute Gasteiger partial charge is 0.414 e. The summed E-state index contributed by atoms with van der Waals surface area (Å²) in [6.07, 6.45) is 2.52. The van der Waals surface area contributed by atoms with Crippen molar-refractivity contribution >= 4 is 35.1 Å². The summed E-state index contributed by atoms with van der Waals surface area (Å²) >= 11 is 1.95. The zero-order chi connectivity index (χ0) is 19.7. The molecular formula is C20H26FN3O3S. The van der Waals surface area contributed by atoms with Crippen LogP contribution in [0.1, 0.15) is 32.6 Å². The highest BCUT2D eigenvalue weighted by Gasteiger charge is 2.39. The van der Waals surface area contributed by atoms with Crippen LogP contribution in [0, 0.1) is 5.82 Å². The van der Waals surface area contributed by atoms with Crippen LogP contribution in [0.5, 0.6) is 0 Å². The highest BCUT2D eigenvalue weighted by molar-refractivity contribution is 7.99. The number of amides is 2. The molecule has 4 rings (SSSR count). The van der Waals surface area contributed by atoms with E-state index in [0.717, 1.165) is 30.8 Å². The van der Waals surface area contributed by atoms with E-state index in [1.165, 1.54) is 11.0 Å². The summed E-state index contributed by atoms with van der Waals surface area (Å²) < 4.78 is 20.3. The summed E-state index contributed by atoms with van der Waals surface area (Å²) in [5, 5.41) is 2.77. The third-order valence-corrected chi connectivity index (χ3v) is 6.88. The van der Waals surface area contributed by atoms with Gasteiger partial charge in [0.15, 0.2) is 0 Å². The Hall–Kier alpha value is -1.96. The van der Waals surface area contributed by atoms with Gasteiger partial charge in [-0.25, -0.2) is 9.18 Å². The van der Waals surface area contributed by atoms with Gasteiger partial charge in [-0.05, 0) is 37.5 Å². The largest absolute Gasteiger partial charge is 0.442 e. The number of fused-ring (bicyclic) bond motifs is 2. The maximum absolute atomic E-state index is 14.9. The van der Waals surface area contributed by atoms with Crippen molar-refractivity contribution in [3.8, 4) is 0 Å². The Labute approximate surface area is 168 Å². The normalized spacial score (nSPS) is 26.5. The van der Waals surface area contributed by atoms with Gasteiger partial charge in [0.05, 0.1) is 24.5 Å². The maximum atomic E-state index is 14.9. The molecule has 3 aliphatic heterocycles. The lowest BCUT2D eigenvalue weighted by Crippen LogP contribution is -2.43. The van der Waals surface area contributed by atoms with Crippen molar-refractivity contribution in [2.24, 2.45) is 0 Å². The zero-order valence-electron chi connectivity index (χ0n) is 16.0. The van der Waals surface area contributed by atoms with Crippen LogP contribution in [0.2, 0.25) is 0 Å². The molecule has 2 bridgehead atoms. The summed E-state index contributed by atoms with van der Waals surface area (Å²) in [6, 6.07) is 5.80. The van der Waals surface area contributed by atoms with E-state index >= 15 is 0 Å². The minimum absolute atomic E-state index is 0.0540. The number of carbonyl (C=O) groups is 2. The number of carbonyl (C=O) groups excluding carboxylic acids is 2. The van der Waals surface area contributed by atoms with Gasteiger partial charge in [-0.1, -0.05) is 6.92 Å². The fraction of sp³-hybridized carbons (Fsp3) is 0.600. The minimum Gasteiger partial charge on any atom is -0.442 e. The number of nitrogens with zero attached hydrogens (tertiary/aromatic N) is 2. The number of hydrogen-bond donors (Lipinski definition) is 1. The van der Waals surface area contributed by atoms with E-state index in [0.29, 0.717) is 36.4 Å². The van der Waals surface area contributed by atoms with E-state index in [2.05, 4.69) is 10.2 Å². The summed E-state index contributed by atoms with van der Waals surface area (Å²) in [5.41, 5.74) is 1.12. The van der Waals surface area contributed by atoms with Gasteiger partial charge >= 0.3 is 6.09 Å². The fourth-order valence-electron chi connectivity index (χ4n) is 4.28. The molecule has 0 saturated carbocycles. The Balaban J connectivity index is 1.43. The van der Waals surface area contributed by atoms with Crippen molar-refractivity contribution in [2.75, 3.05) is 34.4 Å². The third kappa shape index (κ3) is 3.79. The van der Waals surface area contributed by atoms with Crippen LogP contribution < -0.4 is 15.1 Å². The van der Waals surface area contributed by atoms with E-state index in [1.807, 2.05) is 18.7 Å². The number of hydrogen-bond acceptors (Lipinski definition) is 5. The van der Waals surface area contributed by atoms with Gasteiger partial charge in [-0.3, -0.25) is 9.69 Å². The Bertz CT molecular complexity index is 746. The molecule has 0 unspecified atom stereocenters. The van der Waals surface area contributed by atoms with Crippen molar-refractivity contribution in [2.45, 2.75) is 50.8 Å². The molecule has 6 nitrogen and oxygen atoms in total. The number of nitrogens with one attached hydrogen (secondary N) is 1. The molecule has 0 aromatic heterocycles. The number of halogens is 1. The van der Waals surface area contributed by atoms with Gasteiger partial charge in [-0.15, -0.1) is 0 Å². The molecule has 0 aliphatic carbocycles. The molecule has 1 aromatic carbocycles. The van der Waals surface area contributed by atoms with Crippen LogP contribution in [-0.2, 0) is 9.53 Å². The molecule has 2 amide bonds. The number of cyclic esters (lactones) is 1. The highest BCUT2D eigenvalue weighted by Crippen LogP contribution is 2.40. The SMILES string of the molecule is CCCC(=O)NC[C@H]1CN(c2ccc(N3[C@@H]4CC[C@H]3CSC4)c(F)c2)C(=O)O1. The quantitative estimate of drug-likeness (QED) is 0.785. The predicted molar refractivity (Wildman–Crippen MR) is 109 cm³/mol. The van der Waals surface area contributed by atoms with Crippen LogP contribution in [0.15, 0.2) is 18.2 Å². The molecular weight excluding hydrogens is 381 g/mol. The second kappa shape index (κ2) is 8.19. The Morgan fingerprint density at radius 1 is 1.32 bits per heavy atom. The highest BCUT2D eigenvalue weighted by atomic mass is 32.2. The fourth-order valence-corrected chi connectivity index (χ4v) is 5.61. The van der Waals surface area contributed by atoms with Gasteiger partial charge in [0.2, 0.25) is 5.91 Å². The Morgan fingerprint density at radius 3 is 2.75 bits per heavy atom. The molecule has 28 heavy (non-hydrogen) atoms. The number of rotatable bonds is 6. The first-order valence-electron chi connectivity index (χ1n) is 9.97. The number of thioether (sulfide) groups is 1. The van der Waals surface area contributed by atoms with Crippen molar-refractivity contribution in [3.63, 3.8) is 0 Å². The molecule has 3 atom stereocenters. The monoisotopic (exact) mass is 407 g/mol. The van der Waals surface area contributed by atoms with Crippen LogP contribution in [0.3, 0.4) is 0 Å². The molecule has 0 spiro atoms. The van der Waals surface area contributed by atoms with Gasteiger partial charge in [0.1, 0.15) is 11.9 Å². The molecule has 1 N–H and O–H groups in total. The minimum atomic E-state index is -0.503. The van der Waals surface area contributed by atoms with Gasteiger partial charge in [-0.2, -0.15) is 11.8 Å². The third-order valence-electron chi connectivity index (χ3n) is 5.64. The summed E-state index contributed by atoms with van der Waals surface area (Å²) in [6.45, 7) is 2.51. The number of ether oxygens (including phenoxy) is 1. The summed E-state index contributed by atoms with van der Waals surface area (Å²) in [5.74, 6) is 1.74. The number of benzene rings is 1. The van der Waals surface area contributed by atoms with E-state index in [1.54, 1.807) is 12.1 Å². The van der Waals surface area contributed by atoms with E-state index < -0.39 is 12.2 Å². The second-order valence-corrected chi connectivity index (χ2v) is 8.71. The van der Waals surface area contributed by atoms with Crippen molar-refractivity contribution in [3.05, 3.63) is 24.0 Å². The first-order chi connectivity index (χ1) is 13.6. The first kappa shape index (κ1) is 19.4. The molecule has 3 saturated heterocycles. The lowest BCUT2D eigenvalue weighted by molar-refractivity contribution is -0.121. The summed E-state index contributed by atoms with van der Waals surface area (Å²) in [7, 11) is 0. The molecule has 3 heterocycles. The van der Waals surface area contributed by atoms with Crippen molar-refractivity contribution in [1.82, 2.24) is 5.32 Å². The Morgan fingerprint density at radius 2 is 2.07 bits per heavy atom. The lowest BCUT2D eigenvalue weighted by atomic mass is 10.2. The molecule has 3 aliphatic rings. The maximum Gasteiger partial charge on any atom is 0.414 e. The lowest BCUT2D eigenvalue weighted by Gasteiger charge is -2.36. The average Bonchev–Trinajstić information content (AvgIpc) is 3.16. The van der Waals surface area contributed by atoms with Gasteiger partial charge in [0, 0.05) is 30.0 Å². The Kier molecular flexibility index (Phi) is 5.66. The average molecular weight is 408 g/mol. The predicted octanol–water partition coefficient (Wildman–Crippen LogP) is 3.15. The standard InChI is InChI=1S/C20H26FN3O3S/c1-2-3-19(25)22-9-16-10-23(20(26)27-16)13-6-7-18(17(21)8-13)24-14-4-5-15(24)12-28-11-14/h6-8,14-16H,2-5,9-12H2,1H3,(H,22,25)/t14-,15+,16-/m0/s1. The molecule has 3 fully saturated rings. The van der Waals surface area contributed by atoms with E-state index in [-0.39, 0.29) is 18.3 Å². The van der Waals surface area contributed by atoms with E-state index in [9.17, 15) is 14.0 Å².